The van der Waals surface area contributed by atoms with E-state index in [2.05, 4.69) is 26.2 Å². The first-order valence-corrected chi connectivity index (χ1v) is 11.0. The lowest BCUT2D eigenvalue weighted by molar-refractivity contribution is -0.148. The molecule has 1 aromatic heterocycles. The maximum atomic E-state index is 12.6. The molecule has 0 spiro atoms. The highest BCUT2D eigenvalue weighted by atomic mass is 79.9. The fraction of sp³-hybridized carbons (Fsp3) is 0.115. The number of hydrogen-bond donors (Lipinski definition) is 1. The Balaban J connectivity index is 1.41. The first-order valence-electron chi connectivity index (χ1n) is 10.2. The molecule has 4 aromatic rings. The van der Waals surface area contributed by atoms with Crippen LogP contribution in [0.3, 0.4) is 0 Å². The third kappa shape index (κ3) is 5.21. The molecule has 0 unspecified atom stereocenters. The monoisotopic (exact) mass is 488 g/mol. The second-order valence-electron chi connectivity index (χ2n) is 7.23. The van der Waals surface area contributed by atoms with Crippen LogP contribution in [-0.2, 0) is 14.3 Å². The molecular formula is C26H21BrN2O3. The summed E-state index contributed by atoms with van der Waals surface area (Å²) in [6, 6.07) is 26.5. The van der Waals surface area contributed by atoms with Gasteiger partial charge in [-0.15, -0.1) is 0 Å². The second kappa shape index (κ2) is 10.2. The summed E-state index contributed by atoms with van der Waals surface area (Å²) in [7, 11) is 0. The molecule has 0 aliphatic rings. The number of anilines is 1. The molecule has 0 atom stereocenters. The summed E-state index contributed by atoms with van der Waals surface area (Å²) in [5.41, 5.74) is 3.05. The van der Waals surface area contributed by atoms with Gasteiger partial charge in [-0.05, 0) is 29.3 Å². The van der Waals surface area contributed by atoms with Crippen LogP contribution in [0.15, 0.2) is 95.6 Å². The molecule has 0 saturated heterocycles. The average Bonchev–Trinajstić information content (AvgIpc) is 2.84. The van der Waals surface area contributed by atoms with Crippen LogP contribution in [0.2, 0.25) is 0 Å². The lowest BCUT2D eigenvalue weighted by Gasteiger charge is -2.19. The summed E-state index contributed by atoms with van der Waals surface area (Å²) >= 11 is 3.49. The molecule has 6 heteroatoms. The molecule has 0 radical (unpaired) electrons. The zero-order valence-corrected chi connectivity index (χ0v) is 18.8. The van der Waals surface area contributed by atoms with E-state index in [-0.39, 0.29) is 18.7 Å². The molecule has 0 bridgehead atoms. The van der Waals surface area contributed by atoms with Crippen LogP contribution in [0.25, 0.3) is 10.9 Å². The normalized spacial score (nSPS) is 10.8. The lowest BCUT2D eigenvalue weighted by Crippen LogP contribution is -2.17. The smallest absolute Gasteiger partial charge is 0.307 e. The van der Waals surface area contributed by atoms with Crippen molar-refractivity contribution >= 4 is 44.4 Å². The fourth-order valence-corrected chi connectivity index (χ4v) is 3.89. The van der Waals surface area contributed by atoms with Gasteiger partial charge in [-0.3, -0.25) is 14.6 Å². The predicted molar refractivity (Wildman–Crippen MR) is 128 cm³/mol. The maximum Gasteiger partial charge on any atom is 0.307 e. The van der Waals surface area contributed by atoms with E-state index in [0.717, 1.165) is 21.0 Å². The first-order chi connectivity index (χ1) is 15.6. The Labute approximate surface area is 194 Å². The highest BCUT2D eigenvalue weighted by Gasteiger charge is 2.19. The number of hydrogen-bond acceptors (Lipinski definition) is 4. The highest BCUT2D eigenvalue weighted by Crippen LogP contribution is 2.29. The first kappa shape index (κ1) is 21.7. The number of aromatic nitrogens is 1. The number of nitrogens with zero attached hydrogens (tertiary/aromatic N) is 1. The van der Waals surface area contributed by atoms with E-state index in [1.807, 2.05) is 78.9 Å². The zero-order chi connectivity index (χ0) is 22.3. The number of pyridine rings is 1. The molecule has 0 saturated carbocycles. The van der Waals surface area contributed by atoms with Crippen molar-refractivity contribution in [2.45, 2.75) is 18.9 Å². The van der Waals surface area contributed by atoms with Crippen molar-refractivity contribution < 1.29 is 14.3 Å². The van der Waals surface area contributed by atoms with E-state index in [9.17, 15) is 9.59 Å². The Bertz CT molecular complexity index is 1190. The van der Waals surface area contributed by atoms with Gasteiger partial charge in [-0.25, -0.2) is 0 Å². The van der Waals surface area contributed by atoms with Crippen LogP contribution in [-0.4, -0.2) is 16.9 Å². The molecule has 0 aliphatic carbocycles. The molecule has 1 amide bonds. The minimum Gasteiger partial charge on any atom is -0.453 e. The van der Waals surface area contributed by atoms with Crippen LogP contribution in [0.4, 0.5) is 5.69 Å². The van der Waals surface area contributed by atoms with Crippen molar-refractivity contribution in [3.05, 3.63) is 107 Å². The number of amides is 1. The number of nitrogens with one attached hydrogen (secondary N) is 1. The number of rotatable bonds is 7. The van der Waals surface area contributed by atoms with Crippen molar-refractivity contribution in [3.8, 4) is 0 Å². The van der Waals surface area contributed by atoms with Crippen molar-refractivity contribution in [2.24, 2.45) is 0 Å². The Morgan fingerprint density at radius 1 is 0.844 bits per heavy atom. The Morgan fingerprint density at radius 3 is 2.16 bits per heavy atom. The third-order valence-electron chi connectivity index (χ3n) is 5.00. The van der Waals surface area contributed by atoms with Crippen molar-refractivity contribution in [1.29, 1.82) is 0 Å². The van der Waals surface area contributed by atoms with Gasteiger partial charge >= 0.3 is 5.97 Å². The molecule has 0 fully saturated rings. The molecule has 1 N–H and O–H groups in total. The summed E-state index contributed by atoms with van der Waals surface area (Å²) < 4.78 is 6.67. The number of benzene rings is 3. The van der Waals surface area contributed by atoms with Crippen LogP contribution >= 0.6 is 15.9 Å². The number of halogens is 1. The van der Waals surface area contributed by atoms with E-state index in [0.29, 0.717) is 11.2 Å². The third-order valence-corrected chi connectivity index (χ3v) is 5.69. The van der Waals surface area contributed by atoms with Crippen LogP contribution < -0.4 is 5.32 Å². The van der Waals surface area contributed by atoms with Gasteiger partial charge in [-0.1, -0.05) is 82.7 Å². The molecule has 5 nitrogen and oxygen atoms in total. The minimum atomic E-state index is -0.521. The molecule has 1 heterocycles. The number of carbonyl (C=O) groups excluding carboxylic acids is 2. The highest BCUT2D eigenvalue weighted by molar-refractivity contribution is 9.10. The van der Waals surface area contributed by atoms with Gasteiger partial charge in [0.15, 0.2) is 6.10 Å². The van der Waals surface area contributed by atoms with Crippen molar-refractivity contribution in [3.63, 3.8) is 0 Å². The predicted octanol–water partition coefficient (Wildman–Crippen LogP) is 6.05. The quantitative estimate of drug-likeness (QED) is 0.321. The zero-order valence-electron chi connectivity index (χ0n) is 17.2. The SMILES string of the molecule is O=C(CCC(=O)OC(c1ccccc1)c1ccccc1)Nc1ccc(Br)c2cccnc12. The van der Waals surface area contributed by atoms with E-state index >= 15 is 0 Å². The van der Waals surface area contributed by atoms with Gasteiger partial charge in [0, 0.05) is 22.5 Å². The van der Waals surface area contributed by atoms with E-state index in [1.165, 1.54) is 0 Å². The molecule has 4 rings (SSSR count). The van der Waals surface area contributed by atoms with Gasteiger partial charge in [-0.2, -0.15) is 0 Å². The Kier molecular flexibility index (Phi) is 6.92. The van der Waals surface area contributed by atoms with Crippen LogP contribution in [0.5, 0.6) is 0 Å². The van der Waals surface area contributed by atoms with Gasteiger partial charge < -0.3 is 10.1 Å². The van der Waals surface area contributed by atoms with Gasteiger partial charge in [0.25, 0.3) is 0 Å². The standard InChI is InChI=1S/C26H21BrN2O3/c27-21-13-14-22(25-20(21)12-7-17-28-25)29-23(30)15-16-24(31)32-26(18-8-3-1-4-9-18)19-10-5-2-6-11-19/h1-14,17,26H,15-16H2,(H,29,30). The average molecular weight is 489 g/mol. The minimum absolute atomic E-state index is 0.0134. The van der Waals surface area contributed by atoms with Gasteiger partial charge in [0.05, 0.1) is 17.6 Å². The summed E-state index contributed by atoms with van der Waals surface area (Å²) in [4.78, 5) is 29.5. The van der Waals surface area contributed by atoms with E-state index in [1.54, 1.807) is 12.3 Å². The number of ether oxygens (including phenoxy) is 1. The van der Waals surface area contributed by atoms with Crippen molar-refractivity contribution in [1.82, 2.24) is 4.98 Å². The van der Waals surface area contributed by atoms with Crippen LogP contribution in [0.1, 0.15) is 30.1 Å². The van der Waals surface area contributed by atoms with Crippen LogP contribution in [0, 0.1) is 0 Å². The molecule has 32 heavy (non-hydrogen) atoms. The second-order valence-corrected chi connectivity index (χ2v) is 8.09. The summed E-state index contributed by atoms with van der Waals surface area (Å²) in [5.74, 6) is -0.705. The van der Waals surface area contributed by atoms with Gasteiger partial charge in [0.1, 0.15) is 0 Å². The van der Waals surface area contributed by atoms with Crippen molar-refractivity contribution in [2.75, 3.05) is 5.32 Å². The number of esters is 1. The number of fused-ring (bicyclic) bond motifs is 1. The van der Waals surface area contributed by atoms with E-state index < -0.39 is 12.1 Å². The largest absolute Gasteiger partial charge is 0.453 e. The topological polar surface area (TPSA) is 68.3 Å². The molecule has 160 valence electrons. The van der Waals surface area contributed by atoms with Gasteiger partial charge in [0.2, 0.25) is 5.91 Å². The summed E-state index contributed by atoms with van der Waals surface area (Å²) in [6.45, 7) is 0. The Hall–Kier alpha value is -3.51. The fourth-order valence-electron chi connectivity index (χ4n) is 3.44. The summed E-state index contributed by atoms with van der Waals surface area (Å²) in [5, 5.41) is 3.76. The Morgan fingerprint density at radius 2 is 1.50 bits per heavy atom. The van der Waals surface area contributed by atoms with E-state index in [4.69, 9.17) is 4.74 Å². The summed E-state index contributed by atoms with van der Waals surface area (Å²) in [6.07, 6.45) is 1.14. The molecular weight excluding hydrogens is 468 g/mol. The number of carbonyl (C=O) groups is 2. The maximum absolute atomic E-state index is 12.6. The molecule has 3 aromatic carbocycles. The lowest BCUT2D eigenvalue weighted by atomic mass is 10.0. The molecule has 0 aliphatic heterocycles.